The highest BCUT2D eigenvalue weighted by Gasteiger charge is 2.21. The van der Waals surface area contributed by atoms with Gasteiger partial charge in [-0.2, -0.15) is 5.10 Å². The van der Waals surface area contributed by atoms with E-state index in [0.717, 1.165) is 29.0 Å². The normalized spacial score (nSPS) is 11.7. The number of H-pyrrole nitrogens is 1. The van der Waals surface area contributed by atoms with E-state index in [1.165, 1.54) is 35.0 Å². The second-order valence-corrected chi connectivity index (χ2v) is 10.3. The van der Waals surface area contributed by atoms with E-state index in [1.54, 1.807) is 27.0 Å². The van der Waals surface area contributed by atoms with E-state index < -0.39 is 34.8 Å². The van der Waals surface area contributed by atoms with Gasteiger partial charge in [-0.05, 0) is 57.2 Å². The summed E-state index contributed by atoms with van der Waals surface area (Å²) >= 11 is 0. The van der Waals surface area contributed by atoms with Gasteiger partial charge in [0, 0.05) is 49.4 Å². The number of rotatable bonds is 10. The van der Waals surface area contributed by atoms with Crippen molar-refractivity contribution in [3.63, 3.8) is 0 Å². The van der Waals surface area contributed by atoms with Gasteiger partial charge in [-0.1, -0.05) is 0 Å². The summed E-state index contributed by atoms with van der Waals surface area (Å²) in [5.41, 5.74) is -1.43. The van der Waals surface area contributed by atoms with E-state index in [0.29, 0.717) is 23.5 Å². The summed E-state index contributed by atoms with van der Waals surface area (Å²) in [6.07, 6.45) is 2.64. The second kappa shape index (κ2) is 13.7. The van der Waals surface area contributed by atoms with Crippen LogP contribution in [-0.4, -0.2) is 50.0 Å². The Balaban J connectivity index is 0.00000461. The molecule has 0 aliphatic carbocycles. The number of nitrogens with zero attached hydrogens (tertiary/aromatic N) is 4. The van der Waals surface area contributed by atoms with E-state index in [-0.39, 0.29) is 46.9 Å². The molecule has 0 spiro atoms. The molecular formula is C30H30ClF2N7O5. The molecule has 1 atom stereocenters. The van der Waals surface area contributed by atoms with E-state index in [4.69, 9.17) is 9.47 Å². The molecule has 0 bridgehead atoms. The molecule has 45 heavy (non-hydrogen) atoms. The van der Waals surface area contributed by atoms with Crippen LogP contribution in [0.5, 0.6) is 11.5 Å². The minimum atomic E-state index is -0.914. The maximum Gasteiger partial charge on any atom is 0.335 e. The smallest absolute Gasteiger partial charge is 0.335 e. The lowest BCUT2D eigenvalue weighted by molar-refractivity contribution is 0.102. The Morgan fingerprint density at radius 3 is 2.44 bits per heavy atom. The number of carbonyl (C=O) groups excluding carboxylic acids is 1. The lowest BCUT2D eigenvalue weighted by atomic mass is 10.2. The monoisotopic (exact) mass is 641 g/mol. The number of hydrogen-bond acceptors (Lipinski definition) is 8. The van der Waals surface area contributed by atoms with Crippen molar-refractivity contribution in [3.05, 3.63) is 99.0 Å². The van der Waals surface area contributed by atoms with Gasteiger partial charge in [-0.15, -0.1) is 12.4 Å². The summed E-state index contributed by atoms with van der Waals surface area (Å²) in [6, 6.07) is 9.56. The molecule has 0 radical (unpaired) electrons. The average Bonchev–Trinajstić information content (AvgIpc) is 3.38. The highest BCUT2D eigenvalue weighted by Crippen LogP contribution is 2.34. The van der Waals surface area contributed by atoms with Crippen molar-refractivity contribution in [2.45, 2.75) is 32.9 Å². The largest absolute Gasteiger partial charge is 0.453 e. The zero-order valence-electron chi connectivity index (χ0n) is 24.6. The van der Waals surface area contributed by atoms with Gasteiger partial charge >= 0.3 is 5.69 Å². The number of amides is 1. The Morgan fingerprint density at radius 2 is 1.78 bits per heavy atom. The number of aromatic amines is 1. The molecule has 2 aromatic carbocycles. The van der Waals surface area contributed by atoms with Crippen molar-refractivity contribution in [2.75, 3.05) is 24.4 Å². The number of carbonyl (C=O) groups is 1. The van der Waals surface area contributed by atoms with Crippen LogP contribution in [0.3, 0.4) is 0 Å². The van der Waals surface area contributed by atoms with Gasteiger partial charge < -0.3 is 20.1 Å². The Kier molecular flexibility index (Phi) is 9.99. The summed E-state index contributed by atoms with van der Waals surface area (Å²) < 4.78 is 41.8. The van der Waals surface area contributed by atoms with Crippen LogP contribution in [0.2, 0.25) is 0 Å². The predicted molar refractivity (Wildman–Crippen MR) is 167 cm³/mol. The molecule has 3 heterocycles. The van der Waals surface area contributed by atoms with Crippen LogP contribution in [0.15, 0.2) is 70.5 Å². The standard InChI is InChI=1S/C30H29F2N7O5.ClH/c1-16(2)38-14-21(29(41)39(30(38)42)20-8-5-18(31)6-9-20)28(40)35-19-7-10-23(22(32)13-19)44-24-11-12-33-26-25(24)27(37-36-26)34-17(3)15-43-4;/h5-14,16-17H,15H2,1-4H3,(H,35,40)(H2,33,34,36,37);1H. The quantitative estimate of drug-likeness (QED) is 0.192. The van der Waals surface area contributed by atoms with Gasteiger partial charge in [0.15, 0.2) is 23.0 Å². The Hall–Kier alpha value is -5.08. The summed E-state index contributed by atoms with van der Waals surface area (Å²) in [5.74, 6) is -1.63. The molecule has 3 N–H and O–H groups in total. The van der Waals surface area contributed by atoms with E-state index in [1.807, 2.05) is 6.92 Å². The average molecular weight is 642 g/mol. The van der Waals surface area contributed by atoms with Crippen molar-refractivity contribution in [3.8, 4) is 17.2 Å². The van der Waals surface area contributed by atoms with Crippen molar-refractivity contribution in [1.82, 2.24) is 24.3 Å². The molecule has 0 saturated heterocycles. The molecule has 12 nitrogen and oxygen atoms in total. The van der Waals surface area contributed by atoms with Crippen molar-refractivity contribution in [2.24, 2.45) is 0 Å². The maximum atomic E-state index is 15.3. The molecule has 5 aromatic rings. The first-order valence-electron chi connectivity index (χ1n) is 13.6. The fraction of sp³-hybridized carbons (Fsp3) is 0.233. The van der Waals surface area contributed by atoms with Gasteiger partial charge in [-0.3, -0.25) is 19.3 Å². The number of hydrogen-bond donors (Lipinski definition) is 3. The van der Waals surface area contributed by atoms with Gasteiger partial charge in [-0.25, -0.2) is 23.1 Å². The third-order valence-corrected chi connectivity index (χ3v) is 6.63. The molecule has 3 aromatic heterocycles. The van der Waals surface area contributed by atoms with E-state index in [9.17, 15) is 18.8 Å². The van der Waals surface area contributed by atoms with Gasteiger partial charge in [0.1, 0.15) is 22.5 Å². The molecular weight excluding hydrogens is 612 g/mol. The molecule has 1 unspecified atom stereocenters. The Morgan fingerprint density at radius 1 is 1.04 bits per heavy atom. The number of fused-ring (bicyclic) bond motifs is 1. The molecule has 1 amide bonds. The Bertz CT molecular complexity index is 1960. The number of anilines is 2. The molecule has 15 heteroatoms. The van der Waals surface area contributed by atoms with Crippen LogP contribution in [0.25, 0.3) is 16.7 Å². The zero-order chi connectivity index (χ0) is 31.5. The molecule has 0 aliphatic heterocycles. The summed E-state index contributed by atoms with van der Waals surface area (Å²) in [4.78, 5) is 43.9. The Labute approximate surface area is 261 Å². The second-order valence-electron chi connectivity index (χ2n) is 10.3. The zero-order valence-corrected chi connectivity index (χ0v) is 25.4. The first kappa shape index (κ1) is 32.8. The van der Waals surface area contributed by atoms with Crippen LogP contribution < -0.4 is 26.6 Å². The van der Waals surface area contributed by atoms with Crippen molar-refractivity contribution in [1.29, 1.82) is 0 Å². The van der Waals surface area contributed by atoms with E-state index >= 15 is 4.39 Å². The SMILES string of the molecule is COCC(C)Nc1n[nH]c2nccc(Oc3ccc(NC(=O)c4cn(C(C)C)c(=O)n(-c5ccc(F)cc5)c4=O)cc3F)c12.Cl. The van der Waals surface area contributed by atoms with Crippen LogP contribution in [-0.2, 0) is 4.74 Å². The number of ether oxygens (including phenoxy) is 2. The summed E-state index contributed by atoms with van der Waals surface area (Å²) in [6.45, 7) is 5.74. The van der Waals surface area contributed by atoms with Crippen LogP contribution >= 0.6 is 12.4 Å². The number of halogens is 3. The fourth-order valence-electron chi connectivity index (χ4n) is 4.53. The topological polar surface area (TPSA) is 145 Å². The molecule has 0 fully saturated rings. The number of pyridine rings is 1. The van der Waals surface area contributed by atoms with Gasteiger partial charge in [0.2, 0.25) is 0 Å². The third-order valence-electron chi connectivity index (χ3n) is 6.63. The highest BCUT2D eigenvalue weighted by atomic mass is 35.5. The highest BCUT2D eigenvalue weighted by molar-refractivity contribution is 6.04. The lowest BCUT2D eigenvalue weighted by Gasteiger charge is -2.16. The number of aromatic nitrogens is 5. The first-order chi connectivity index (χ1) is 21.1. The molecule has 5 rings (SSSR count). The number of nitrogens with one attached hydrogen (secondary N) is 3. The van der Waals surface area contributed by atoms with Crippen LogP contribution in [0.4, 0.5) is 20.3 Å². The van der Waals surface area contributed by atoms with E-state index in [2.05, 4.69) is 25.8 Å². The first-order valence-corrected chi connectivity index (χ1v) is 13.6. The number of benzene rings is 2. The molecule has 0 aliphatic rings. The van der Waals surface area contributed by atoms with Crippen LogP contribution in [0, 0.1) is 11.6 Å². The maximum absolute atomic E-state index is 15.3. The van der Waals surface area contributed by atoms with Crippen molar-refractivity contribution >= 4 is 40.9 Å². The molecule has 0 saturated carbocycles. The van der Waals surface area contributed by atoms with Crippen molar-refractivity contribution < 1.29 is 23.0 Å². The fourth-order valence-corrected chi connectivity index (χ4v) is 4.53. The molecule has 236 valence electrons. The lowest BCUT2D eigenvalue weighted by Crippen LogP contribution is -2.42. The van der Waals surface area contributed by atoms with Gasteiger partial charge in [0.05, 0.1) is 12.3 Å². The minimum absolute atomic E-state index is 0. The van der Waals surface area contributed by atoms with Crippen LogP contribution in [0.1, 0.15) is 37.2 Å². The summed E-state index contributed by atoms with van der Waals surface area (Å²) in [5, 5.41) is 13.2. The predicted octanol–water partition coefficient (Wildman–Crippen LogP) is 5.04. The van der Waals surface area contributed by atoms with Gasteiger partial charge in [0.25, 0.3) is 11.5 Å². The third kappa shape index (κ3) is 6.86. The summed E-state index contributed by atoms with van der Waals surface area (Å²) in [7, 11) is 1.58. The number of methoxy groups -OCH3 is 1. The minimum Gasteiger partial charge on any atom is -0.453 e.